The van der Waals surface area contributed by atoms with Crippen LogP contribution < -0.4 is 10.6 Å². The predicted octanol–water partition coefficient (Wildman–Crippen LogP) is -1.56. The van der Waals surface area contributed by atoms with E-state index in [1.54, 1.807) is 6.07 Å². The van der Waals surface area contributed by atoms with Gasteiger partial charge in [0.2, 0.25) is 11.8 Å². The van der Waals surface area contributed by atoms with Gasteiger partial charge in [0, 0.05) is 6.54 Å². The van der Waals surface area contributed by atoms with Crippen LogP contribution in [0.3, 0.4) is 0 Å². The van der Waals surface area contributed by atoms with Crippen molar-refractivity contribution in [2.45, 2.75) is 17.4 Å². The van der Waals surface area contributed by atoms with Crippen molar-refractivity contribution in [1.82, 2.24) is 10.6 Å². The third-order valence-electron chi connectivity index (χ3n) is 2.73. The number of carbonyl (C=O) groups is 2. The summed E-state index contributed by atoms with van der Waals surface area (Å²) >= 11 is 0. The van der Waals surface area contributed by atoms with Gasteiger partial charge >= 0.3 is 29.6 Å². The second-order valence-corrected chi connectivity index (χ2v) is 5.51. The normalized spacial score (nSPS) is 17.4. The first kappa shape index (κ1) is 17.1. The van der Waals surface area contributed by atoms with Crippen LogP contribution in [0.25, 0.3) is 0 Å². The Labute approximate surface area is 138 Å². The number of hydrogen-bond donors (Lipinski definition) is 3. The molecule has 104 valence electrons. The van der Waals surface area contributed by atoms with Crippen molar-refractivity contribution in [1.29, 1.82) is 0 Å². The van der Waals surface area contributed by atoms with Gasteiger partial charge in [-0.15, -0.1) is 0 Å². The van der Waals surface area contributed by atoms with E-state index in [1.165, 1.54) is 18.2 Å². The van der Waals surface area contributed by atoms with Crippen LogP contribution in [0.4, 0.5) is 0 Å². The standard InChI is InChI=1S/C11H12N2O5S.Na.H/c14-10(13-8-6-12-11(8)15)5-7-3-1-2-4-9(7)19(16,17)18;;/h1-4,8H,5-6H2,(H,12,15)(H,13,14)(H,16,17,18);;. The average molecular weight is 308 g/mol. The zero-order chi connectivity index (χ0) is 14.0. The van der Waals surface area contributed by atoms with E-state index in [9.17, 15) is 18.0 Å². The Morgan fingerprint density at radius 1 is 1.40 bits per heavy atom. The van der Waals surface area contributed by atoms with Crippen LogP contribution in [0.15, 0.2) is 29.2 Å². The number of benzene rings is 1. The van der Waals surface area contributed by atoms with Gasteiger partial charge in [-0.05, 0) is 11.6 Å². The number of hydrogen-bond acceptors (Lipinski definition) is 4. The molecule has 3 N–H and O–H groups in total. The molecule has 0 aromatic heterocycles. The SMILES string of the molecule is O=C(Cc1ccccc1S(=O)(=O)O)NC1CNC1=O.[NaH]. The van der Waals surface area contributed by atoms with E-state index in [4.69, 9.17) is 4.55 Å². The van der Waals surface area contributed by atoms with Crippen LogP contribution in [-0.2, 0) is 26.1 Å². The van der Waals surface area contributed by atoms with Crippen molar-refractivity contribution in [3.63, 3.8) is 0 Å². The molecule has 7 nitrogen and oxygen atoms in total. The summed E-state index contributed by atoms with van der Waals surface area (Å²) in [7, 11) is -4.37. The summed E-state index contributed by atoms with van der Waals surface area (Å²) in [5, 5.41) is 4.94. The van der Waals surface area contributed by atoms with Crippen LogP contribution in [0.2, 0.25) is 0 Å². The molecule has 1 heterocycles. The van der Waals surface area contributed by atoms with E-state index in [0.29, 0.717) is 6.54 Å². The Morgan fingerprint density at radius 3 is 2.55 bits per heavy atom. The summed E-state index contributed by atoms with van der Waals surface area (Å²) in [5.41, 5.74) is 0.183. The van der Waals surface area contributed by atoms with Gasteiger partial charge in [-0.25, -0.2) is 0 Å². The number of amides is 2. The summed E-state index contributed by atoms with van der Waals surface area (Å²) in [5.74, 6) is -0.743. The molecule has 1 atom stereocenters. The van der Waals surface area contributed by atoms with Crippen LogP contribution >= 0.6 is 0 Å². The maximum atomic E-state index is 11.7. The second-order valence-electron chi connectivity index (χ2n) is 4.12. The molecule has 9 heteroatoms. The molecular weight excluding hydrogens is 295 g/mol. The Hall–Kier alpha value is -0.930. The molecule has 0 saturated carbocycles. The first-order valence-electron chi connectivity index (χ1n) is 5.50. The molecule has 0 radical (unpaired) electrons. The van der Waals surface area contributed by atoms with Gasteiger partial charge in [-0.1, -0.05) is 18.2 Å². The van der Waals surface area contributed by atoms with Gasteiger partial charge in [0.25, 0.3) is 10.1 Å². The van der Waals surface area contributed by atoms with Crippen molar-refractivity contribution >= 4 is 51.5 Å². The van der Waals surface area contributed by atoms with Crippen LogP contribution in [0.1, 0.15) is 5.56 Å². The molecule has 20 heavy (non-hydrogen) atoms. The van der Waals surface area contributed by atoms with Crippen molar-refractivity contribution < 1.29 is 22.6 Å². The van der Waals surface area contributed by atoms with E-state index in [1.807, 2.05) is 0 Å². The second kappa shape index (κ2) is 6.68. The van der Waals surface area contributed by atoms with Crippen molar-refractivity contribution in [3.05, 3.63) is 29.8 Å². The van der Waals surface area contributed by atoms with Crippen molar-refractivity contribution in [2.75, 3.05) is 6.54 Å². The Kier molecular flexibility index (Phi) is 5.72. The summed E-state index contributed by atoms with van der Waals surface area (Å²) < 4.78 is 31.3. The minimum atomic E-state index is -4.37. The molecule has 0 aliphatic carbocycles. The first-order chi connectivity index (χ1) is 8.88. The van der Waals surface area contributed by atoms with Crippen molar-refractivity contribution in [3.8, 4) is 0 Å². The molecule has 0 bridgehead atoms. The Morgan fingerprint density at radius 2 is 2.05 bits per heavy atom. The first-order valence-corrected chi connectivity index (χ1v) is 6.94. The summed E-state index contributed by atoms with van der Waals surface area (Å²) in [4.78, 5) is 22.4. The van der Waals surface area contributed by atoms with Gasteiger partial charge in [-0.2, -0.15) is 8.42 Å². The monoisotopic (exact) mass is 308 g/mol. The molecule has 1 aromatic rings. The van der Waals surface area contributed by atoms with Crippen LogP contribution in [0, 0.1) is 0 Å². The average Bonchev–Trinajstić information content (AvgIpc) is 2.33. The molecular formula is C11H13N2NaO5S. The fourth-order valence-corrected chi connectivity index (χ4v) is 2.45. The fourth-order valence-electron chi connectivity index (χ4n) is 1.72. The summed E-state index contributed by atoms with van der Waals surface area (Å²) in [6, 6.07) is 5.10. The molecule has 1 unspecified atom stereocenters. The predicted molar refractivity (Wildman–Crippen MR) is 72.1 cm³/mol. The number of nitrogens with one attached hydrogen (secondary N) is 2. The van der Waals surface area contributed by atoms with Crippen LogP contribution in [-0.4, -0.2) is 66.9 Å². The van der Waals surface area contributed by atoms with Gasteiger partial charge < -0.3 is 10.6 Å². The van der Waals surface area contributed by atoms with Gasteiger partial charge in [0.05, 0.1) is 11.3 Å². The van der Waals surface area contributed by atoms with E-state index in [0.717, 1.165) is 0 Å². The maximum absolute atomic E-state index is 11.7. The van der Waals surface area contributed by atoms with E-state index >= 15 is 0 Å². The van der Waals surface area contributed by atoms with E-state index < -0.39 is 22.1 Å². The Balaban J connectivity index is 0.00000200. The third-order valence-corrected chi connectivity index (χ3v) is 3.69. The third kappa shape index (κ3) is 4.03. The molecule has 1 aliphatic rings. The molecule has 2 rings (SSSR count). The van der Waals surface area contributed by atoms with Crippen molar-refractivity contribution in [2.24, 2.45) is 0 Å². The zero-order valence-corrected chi connectivity index (χ0v) is 10.6. The quantitative estimate of drug-likeness (QED) is 0.354. The number of β-lactam (4-membered cyclic amide) rings is 1. The molecule has 2 amide bonds. The number of rotatable bonds is 4. The molecule has 1 aliphatic heterocycles. The van der Waals surface area contributed by atoms with E-state index in [2.05, 4.69) is 10.6 Å². The topological polar surface area (TPSA) is 113 Å². The molecule has 0 spiro atoms. The molecule has 1 fully saturated rings. The number of carbonyl (C=O) groups excluding carboxylic acids is 2. The van der Waals surface area contributed by atoms with E-state index in [-0.39, 0.29) is 52.3 Å². The Bertz CT molecular complexity index is 631. The summed E-state index contributed by atoms with van der Waals surface area (Å²) in [6.07, 6.45) is -0.222. The fraction of sp³-hybridized carbons (Fsp3) is 0.273. The van der Waals surface area contributed by atoms with Gasteiger partial charge in [0.15, 0.2) is 0 Å². The van der Waals surface area contributed by atoms with Crippen LogP contribution in [0.5, 0.6) is 0 Å². The molecule has 1 aromatic carbocycles. The zero-order valence-electron chi connectivity index (χ0n) is 9.79. The summed E-state index contributed by atoms with van der Waals surface area (Å²) in [6.45, 7) is 0.366. The minimum absolute atomic E-state index is 0. The van der Waals surface area contributed by atoms with Gasteiger partial charge in [-0.3, -0.25) is 14.1 Å². The molecule has 1 saturated heterocycles. The van der Waals surface area contributed by atoms with Gasteiger partial charge in [0.1, 0.15) is 6.04 Å².